The van der Waals surface area contributed by atoms with Crippen LogP contribution in [0.2, 0.25) is 0 Å². The minimum absolute atomic E-state index is 0.00712. The summed E-state index contributed by atoms with van der Waals surface area (Å²) in [6.45, 7) is 0. The van der Waals surface area contributed by atoms with E-state index >= 15 is 0 Å². The summed E-state index contributed by atoms with van der Waals surface area (Å²) in [6, 6.07) is 17.3. The fourth-order valence-corrected chi connectivity index (χ4v) is 3.46. The fraction of sp³-hybridized carbons (Fsp3) is 0.263. The molecular weight excluding hydrogens is 290 g/mol. The number of esters is 1. The van der Waals surface area contributed by atoms with Crippen LogP contribution < -0.4 is 0 Å². The smallest absolute Gasteiger partial charge is 0.331 e. The molecule has 0 unspecified atom stereocenters. The Kier molecular flexibility index (Phi) is 3.37. The Bertz CT molecular complexity index is 769. The summed E-state index contributed by atoms with van der Waals surface area (Å²) in [5, 5.41) is 0. The fourth-order valence-electron chi connectivity index (χ4n) is 3.46. The molecule has 23 heavy (non-hydrogen) atoms. The largest absolute Gasteiger partial charge is 0.469 e. The Morgan fingerprint density at radius 1 is 1.13 bits per heavy atom. The van der Waals surface area contributed by atoms with Gasteiger partial charge in [0, 0.05) is 11.5 Å². The van der Waals surface area contributed by atoms with Crippen molar-refractivity contribution in [2.75, 3.05) is 7.11 Å². The molecule has 0 N–H and O–H groups in total. The van der Waals surface area contributed by atoms with Gasteiger partial charge in [-0.15, -0.1) is 0 Å². The summed E-state index contributed by atoms with van der Waals surface area (Å²) in [5.41, 5.74) is 3.25. The molecule has 4 heteroatoms. The van der Waals surface area contributed by atoms with Crippen LogP contribution in [0.3, 0.4) is 0 Å². The minimum atomic E-state index is -0.527. The van der Waals surface area contributed by atoms with Gasteiger partial charge in [-0.25, -0.2) is 9.79 Å². The number of ether oxygens (including phenoxy) is 2. The molecule has 2 aromatic carbocycles. The van der Waals surface area contributed by atoms with E-state index in [1.165, 1.54) is 12.7 Å². The highest BCUT2D eigenvalue weighted by atomic mass is 16.5. The molecule has 0 spiro atoms. The maximum atomic E-state index is 12.3. The number of hydrogen-bond acceptors (Lipinski definition) is 4. The number of methoxy groups -OCH3 is 1. The summed E-state index contributed by atoms with van der Waals surface area (Å²) in [6.07, 6.45) is 0.634. The Balaban J connectivity index is 1.78. The van der Waals surface area contributed by atoms with Crippen molar-refractivity contribution in [1.82, 2.24) is 0 Å². The second kappa shape index (κ2) is 5.54. The highest BCUT2D eigenvalue weighted by Gasteiger charge is 2.46. The highest BCUT2D eigenvalue weighted by Crippen LogP contribution is 2.44. The van der Waals surface area contributed by atoms with E-state index in [0.717, 1.165) is 17.5 Å². The lowest BCUT2D eigenvalue weighted by Crippen LogP contribution is -2.38. The van der Waals surface area contributed by atoms with Gasteiger partial charge >= 0.3 is 5.97 Å². The van der Waals surface area contributed by atoms with E-state index in [1.54, 1.807) is 0 Å². The molecule has 2 aliphatic rings. The highest BCUT2D eigenvalue weighted by molar-refractivity contribution is 5.96. The number of carbonyl (C=O) groups is 1. The molecular formula is C19H17NO3. The van der Waals surface area contributed by atoms with Crippen LogP contribution in [-0.2, 0) is 20.7 Å². The zero-order valence-electron chi connectivity index (χ0n) is 12.8. The molecule has 0 saturated heterocycles. The third-order valence-corrected chi connectivity index (χ3v) is 4.57. The lowest BCUT2D eigenvalue weighted by Gasteiger charge is -2.31. The molecule has 1 aliphatic heterocycles. The van der Waals surface area contributed by atoms with E-state index in [9.17, 15) is 4.79 Å². The van der Waals surface area contributed by atoms with Crippen molar-refractivity contribution in [3.63, 3.8) is 0 Å². The molecule has 4 nitrogen and oxygen atoms in total. The quantitative estimate of drug-likeness (QED) is 0.802. The Hall–Kier alpha value is -2.62. The molecule has 2 aromatic rings. The van der Waals surface area contributed by atoms with Crippen molar-refractivity contribution in [3.8, 4) is 0 Å². The van der Waals surface area contributed by atoms with Gasteiger partial charge in [0.05, 0.1) is 7.11 Å². The summed E-state index contributed by atoms with van der Waals surface area (Å²) in [4.78, 5) is 16.8. The summed E-state index contributed by atoms with van der Waals surface area (Å²) in [5.74, 6) is 0.204. The second-order valence-corrected chi connectivity index (χ2v) is 5.87. The van der Waals surface area contributed by atoms with Gasteiger partial charge in [-0.2, -0.15) is 0 Å². The summed E-state index contributed by atoms with van der Waals surface area (Å²) < 4.78 is 11.2. The predicted molar refractivity (Wildman–Crippen MR) is 86.2 cm³/mol. The van der Waals surface area contributed by atoms with E-state index in [4.69, 9.17) is 9.47 Å². The molecule has 0 fully saturated rings. The number of rotatable bonds is 2. The van der Waals surface area contributed by atoms with Crippen LogP contribution in [0.1, 0.15) is 22.8 Å². The molecule has 1 heterocycles. The van der Waals surface area contributed by atoms with Crippen LogP contribution in [0.25, 0.3) is 0 Å². The maximum absolute atomic E-state index is 12.3. The van der Waals surface area contributed by atoms with E-state index in [0.29, 0.717) is 5.90 Å². The first-order valence-electron chi connectivity index (χ1n) is 7.73. The maximum Gasteiger partial charge on any atom is 0.331 e. The molecule has 4 rings (SSSR count). The average Bonchev–Trinajstić information content (AvgIpc) is 2.99. The minimum Gasteiger partial charge on any atom is -0.469 e. The summed E-state index contributed by atoms with van der Waals surface area (Å²) in [7, 11) is 1.41. The van der Waals surface area contributed by atoms with Gasteiger partial charge in [-0.1, -0.05) is 42.5 Å². The van der Waals surface area contributed by atoms with E-state index in [2.05, 4.69) is 17.1 Å². The molecule has 0 amide bonds. The molecule has 0 radical (unpaired) electrons. The van der Waals surface area contributed by atoms with Crippen LogP contribution in [0.4, 0.5) is 0 Å². The average molecular weight is 307 g/mol. The predicted octanol–water partition coefficient (Wildman–Crippen LogP) is 2.92. The lowest BCUT2D eigenvalue weighted by atomic mass is 9.93. The second-order valence-electron chi connectivity index (χ2n) is 5.87. The number of nitrogens with zero attached hydrogens (tertiary/aromatic N) is 1. The summed E-state index contributed by atoms with van der Waals surface area (Å²) >= 11 is 0. The molecule has 1 aliphatic carbocycles. The SMILES string of the molecule is COC(=O)[C@H]1N=C(c2ccccc2)O[C@@H]2c3ccccc3C[C@H]12. The van der Waals surface area contributed by atoms with Gasteiger partial charge in [0.1, 0.15) is 6.10 Å². The van der Waals surface area contributed by atoms with Crippen molar-refractivity contribution in [2.45, 2.75) is 18.6 Å². The van der Waals surface area contributed by atoms with Crippen molar-refractivity contribution in [1.29, 1.82) is 0 Å². The van der Waals surface area contributed by atoms with Gasteiger partial charge in [0.25, 0.3) is 0 Å². The first-order valence-corrected chi connectivity index (χ1v) is 7.73. The molecule has 0 saturated carbocycles. The number of benzene rings is 2. The molecule has 0 bridgehead atoms. The van der Waals surface area contributed by atoms with Crippen LogP contribution in [0.15, 0.2) is 59.6 Å². The standard InChI is InChI=1S/C19H17NO3/c1-22-19(21)16-15-11-13-9-5-6-10-14(13)17(15)23-18(20-16)12-7-3-2-4-8-12/h2-10,15-17H,11H2,1H3/t15-,16+,17-/m1/s1. The lowest BCUT2D eigenvalue weighted by molar-refractivity contribution is -0.145. The van der Waals surface area contributed by atoms with Crippen LogP contribution >= 0.6 is 0 Å². The normalized spacial score (nSPS) is 24.9. The van der Waals surface area contributed by atoms with Crippen molar-refractivity contribution in [2.24, 2.45) is 10.9 Å². The van der Waals surface area contributed by atoms with Crippen molar-refractivity contribution >= 4 is 11.9 Å². The van der Waals surface area contributed by atoms with E-state index in [1.807, 2.05) is 42.5 Å². The van der Waals surface area contributed by atoms with Crippen molar-refractivity contribution in [3.05, 3.63) is 71.3 Å². The van der Waals surface area contributed by atoms with E-state index in [-0.39, 0.29) is 18.0 Å². The third kappa shape index (κ3) is 2.31. The van der Waals surface area contributed by atoms with Gasteiger partial charge in [-0.05, 0) is 29.7 Å². The number of aliphatic imine (C=N–C) groups is 1. The molecule has 0 aromatic heterocycles. The van der Waals surface area contributed by atoms with Crippen LogP contribution in [0, 0.1) is 5.92 Å². The Morgan fingerprint density at radius 2 is 1.87 bits per heavy atom. The van der Waals surface area contributed by atoms with Gasteiger partial charge in [0.15, 0.2) is 6.04 Å². The number of fused-ring (bicyclic) bond motifs is 3. The zero-order valence-corrected chi connectivity index (χ0v) is 12.8. The van der Waals surface area contributed by atoms with Crippen LogP contribution in [-0.4, -0.2) is 25.0 Å². The first-order chi connectivity index (χ1) is 11.3. The zero-order chi connectivity index (χ0) is 15.8. The Labute approximate surface area is 134 Å². The Morgan fingerprint density at radius 3 is 2.65 bits per heavy atom. The number of carbonyl (C=O) groups excluding carboxylic acids is 1. The third-order valence-electron chi connectivity index (χ3n) is 4.57. The first kappa shape index (κ1) is 14.0. The monoisotopic (exact) mass is 307 g/mol. The number of hydrogen-bond donors (Lipinski definition) is 0. The van der Waals surface area contributed by atoms with E-state index < -0.39 is 6.04 Å². The van der Waals surface area contributed by atoms with Gasteiger partial charge in [0.2, 0.25) is 5.90 Å². The van der Waals surface area contributed by atoms with Gasteiger partial charge < -0.3 is 9.47 Å². The van der Waals surface area contributed by atoms with Crippen LogP contribution in [0.5, 0.6) is 0 Å². The molecule has 3 atom stereocenters. The molecule has 116 valence electrons. The topological polar surface area (TPSA) is 47.9 Å². The van der Waals surface area contributed by atoms with Gasteiger partial charge in [-0.3, -0.25) is 0 Å². The van der Waals surface area contributed by atoms with Crippen molar-refractivity contribution < 1.29 is 14.3 Å².